The second kappa shape index (κ2) is 8.57. The van der Waals surface area contributed by atoms with Crippen LogP contribution in [0.2, 0.25) is 0 Å². The van der Waals surface area contributed by atoms with E-state index in [2.05, 4.69) is 20.4 Å². The van der Waals surface area contributed by atoms with Crippen molar-refractivity contribution in [2.45, 2.75) is 83.7 Å². The summed E-state index contributed by atoms with van der Waals surface area (Å²) in [5, 5.41) is 0. The van der Waals surface area contributed by atoms with Gasteiger partial charge in [0.1, 0.15) is 17.3 Å². The standard InChI is InChI=1S/C30H38O8/c1-16-25(28(6)11-9-23(32)38-27(4,5)21(28)14-24(33)34-8)26(36-18(3)31)17(2)29(7)20(19-10-12-35-15-19)13-22-30(16,29)37-22/h9-12,15,17,20-22,25-26H,1,13-14H2,2-8H3/t17-,20-,21-,22+,25+,26-,28-,29-,30+/m0/s1. The maximum absolute atomic E-state index is 12.7. The van der Waals surface area contributed by atoms with Crippen LogP contribution in [0.1, 0.15) is 65.9 Å². The van der Waals surface area contributed by atoms with Gasteiger partial charge in [0, 0.05) is 41.6 Å². The van der Waals surface area contributed by atoms with Crippen LogP contribution in [-0.4, -0.2) is 48.4 Å². The van der Waals surface area contributed by atoms with Gasteiger partial charge in [0.15, 0.2) is 0 Å². The summed E-state index contributed by atoms with van der Waals surface area (Å²) in [6.45, 7) is 16.0. The molecule has 8 nitrogen and oxygen atoms in total. The van der Waals surface area contributed by atoms with Crippen molar-refractivity contribution < 1.29 is 37.7 Å². The molecular weight excluding hydrogens is 488 g/mol. The molecule has 2 aliphatic heterocycles. The molecule has 1 saturated heterocycles. The normalized spacial score (nSPS) is 42.9. The maximum atomic E-state index is 12.7. The van der Waals surface area contributed by atoms with Gasteiger partial charge in [-0.25, -0.2) is 4.79 Å². The van der Waals surface area contributed by atoms with Gasteiger partial charge in [0.05, 0.1) is 32.2 Å². The highest BCUT2D eigenvalue weighted by Crippen LogP contribution is 2.77. The first-order valence-electron chi connectivity index (χ1n) is 13.3. The summed E-state index contributed by atoms with van der Waals surface area (Å²) in [5.41, 5.74) is -1.04. The quantitative estimate of drug-likeness (QED) is 0.234. The Balaban J connectivity index is 1.68. The lowest BCUT2D eigenvalue weighted by Gasteiger charge is -2.58. The number of hydrogen-bond donors (Lipinski definition) is 0. The van der Waals surface area contributed by atoms with Crippen molar-refractivity contribution in [1.29, 1.82) is 0 Å². The molecule has 3 heterocycles. The first-order chi connectivity index (χ1) is 17.7. The summed E-state index contributed by atoms with van der Waals surface area (Å²) in [7, 11) is 1.34. The van der Waals surface area contributed by atoms with Crippen molar-refractivity contribution in [2.75, 3.05) is 7.11 Å². The van der Waals surface area contributed by atoms with E-state index in [9.17, 15) is 14.4 Å². The minimum atomic E-state index is -1.02. The molecule has 8 heteroatoms. The number of furan rings is 1. The molecule has 0 unspecified atom stereocenters. The number of cyclic esters (lactones) is 1. The first-order valence-corrected chi connectivity index (χ1v) is 13.3. The van der Waals surface area contributed by atoms with E-state index in [0.717, 1.165) is 17.6 Å². The van der Waals surface area contributed by atoms with E-state index in [1.807, 2.05) is 32.9 Å². The van der Waals surface area contributed by atoms with Gasteiger partial charge in [0.2, 0.25) is 0 Å². The zero-order valence-electron chi connectivity index (χ0n) is 23.2. The van der Waals surface area contributed by atoms with E-state index < -0.39 is 57.9 Å². The first kappa shape index (κ1) is 26.7. The summed E-state index contributed by atoms with van der Waals surface area (Å²) in [5.74, 6) is -2.29. The minimum absolute atomic E-state index is 0.00870. The second-order valence-electron chi connectivity index (χ2n) is 12.4. The predicted molar refractivity (Wildman–Crippen MR) is 137 cm³/mol. The molecule has 0 N–H and O–H groups in total. The molecule has 9 atom stereocenters. The van der Waals surface area contributed by atoms with Crippen molar-refractivity contribution in [3.8, 4) is 0 Å². The highest BCUT2D eigenvalue weighted by atomic mass is 16.6. The van der Waals surface area contributed by atoms with Crippen LogP contribution in [-0.2, 0) is 33.3 Å². The van der Waals surface area contributed by atoms with E-state index in [1.165, 1.54) is 20.1 Å². The Morgan fingerprint density at radius 2 is 1.92 bits per heavy atom. The van der Waals surface area contributed by atoms with Gasteiger partial charge in [0.25, 0.3) is 0 Å². The number of methoxy groups -OCH3 is 1. The van der Waals surface area contributed by atoms with E-state index in [4.69, 9.17) is 23.4 Å². The molecule has 4 aliphatic rings. The summed E-state index contributed by atoms with van der Waals surface area (Å²) in [6, 6.07) is 1.99. The molecule has 206 valence electrons. The highest BCUT2D eigenvalue weighted by molar-refractivity contribution is 5.83. The van der Waals surface area contributed by atoms with E-state index in [-0.39, 0.29) is 24.4 Å². The van der Waals surface area contributed by atoms with Crippen LogP contribution in [0, 0.1) is 28.6 Å². The Hall–Kier alpha value is -2.87. The Kier molecular flexibility index (Phi) is 6.02. The third kappa shape index (κ3) is 3.48. The molecule has 1 aromatic rings. The number of ether oxygens (including phenoxy) is 4. The van der Waals surface area contributed by atoms with Crippen LogP contribution in [0.4, 0.5) is 0 Å². The molecule has 5 rings (SSSR count). The lowest BCUT2D eigenvalue weighted by Crippen LogP contribution is -2.62. The van der Waals surface area contributed by atoms with E-state index >= 15 is 0 Å². The molecule has 1 aromatic heterocycles. The van der Waals surface area contributed by atoms with Gasteiger partial charge in [-0.2, -0.15) is 0 Å². The molecule has 0 radical (unpaired) electrons. The SMILES string of the molecule is C=C1[C@@H]([C@@]2(C)C=CC(=O)OC(C)(C)[C@@H]2CC(=O)OC)[C@@H](OC(C)=O)[C@H](C)[C@@]2(C)[C@H](c3ccoc3)C[C@H]3O[C@]132. The molecule has 3 fully saturated rings. The molecular formula is C30H38O8. The van der Waals surface area contributed by atoms with Crippen LogP contribution in [0.25, 0.3) is 0 Å². The maximum Gasteiger partial charge on any atom is 0.330 e. The molecule has 38 heavy (non-hydrogen) atoms. The average molecular weight is 527 g/mol. The third-order valence-corrected chi connectivity index (χ3v) is 10.4. The molecule has 0 bridgehead atoms. The fraction of sp³-hybridized carbons (Fsp3) is 0.633. The van der Waals surface area contributed by atoms with Crippen LogP contribution < -0.4 is 0 Å². The largest absolute Gasteiger partial charge is 0.472 e. The zero-order chi connectivity index (χ0) is 27.8. The smallest absolute Gasteiger partial charge is 0.330 e. The Labute approximate surface area is 223 Å². The van der Waals surface area contributed by atoms with E-state index in [1.54, 1.807) is 12.5 Å². The van der Waals surface area contributed by atoms with Crippen LogP contribution in [0.15, 0.2) is 47.3 Å². The van der Waals surface area contributed by atoms with Crippen molar-refractivity contribution in [1.82, 2.24) is 0 Å². The predicted octanol–water partition coefficient (Wildman–Crippen LogP) is 4.74. The molecule has 0 amide bonds. The van der Waals surface area contributed by atoms with E-state index in [0.29, 0.717) is 0 Å². The van der Waals surface area contributed by atoms with Crippen molar-refractivity contribution >= 4 is 17.9 Å². The third-order valence-electron chi connectivity index (χ3n) is 10.4. The number of epoxide rings is 1. The monoisotopic (exact) mass is 526 g/mol. The Morgan fingerprint density at radius 3 is 2.53 bits per heavy atom. The second-order valence-corrected chi connectivity index (χ2v) is 12.4. The van der Waals surface area contributed by atoms with Gasteiger partial charge < -0.3 is 23.4 Å². The number of allylic oxidation sites excluding steroid dienone is 1. The molecule has 0 aromatic carbocycles. The number of hydrogen-bond acceptors (Lipinski definition) is 8. The summed E-state index contributed by atoms with van der Waals surface area (Å²) < 4.78 is 29.0. The number of rotatable bonds is 5. The van der Waals surface area contributed by atoms with Gasteiger partial charge >= 0.3 is 17.9 Å². The Morgan fingerprint density at radius 1 is 1.21 bits per heavy atom. The number of carbonyl (C=O) groups is 3. The van der Waals surface area contributed by atoms with Gasteiger partial charge in [-0.05, 0) is 43.4 Å². The topological polar surface area (TPSA) is 105 Å². The van der Waals surface area contributed by atoms with Gasteiger partial charge in [-0.15, -0.1) is 0 Å². The Bertz CT molecular complexity index is 1200. The fourth-order valence-electron chi connectivity index (χ4n) is 8.50. The summed E-state index contributed by atoms with van der Waals surface area (Å²) >= 11 is 0. The van der Waals surface area contributed by atoms with Crippen LogP contribution in [0.5, 0.6) is 0 Å². The molecule has 2 aliphatic carbocycles. The average Bonchev–Trinajstić information content (AvgIpc) is 3.22. The van der Waals surface area contributed by atoms with Crippen LogP contribution in [0.3, 0.4) is 0 Å². The summed E-state index contributed by atoms with van der Waals surface area (Å²) in [4.78, 5) is 38.0. The fourth-order valence-corrected chi connectivity index (χ4v) is 8.50. The van der Waals surface area contributed by atoms with Gasteiger partial charge in [-0.1, -0.05) is 33.4 Å². The molecule has 1 spiro atoms. The van der Waals surface area contributed by atoms with Crippen molar-refractivity contribution in [3.05, 3.63) is 48.5 Å². The lowest BCUT2D eigenvalue weighted by molar-refractivity contribution is -0.179. The highest BCUT2D eigenvalue weighted by Gasteiger charge is 2.82. The zero-order valence-corrected chi connectivity index (χ0v) is 23.2. The van der Waals surface area contributed by atoms with Crippen molar-refractivity contribution in [3.63, 3.8) is 0 Å². The lowest BCUT2D eigenvalue weighted by atomic mass is 9.47. The number of esters is 3. The molecule has 2 saturated carbocycles. The summed E-state index contributed by atoms with van der Waals surface area (Å²) in [6.07, 6.45) is 6.87. The minimum Gasteiger partial charge on any atom is -0.472 e. The van der Waals surface area contributed by atoms with Crippen LogP contribution >= 0.6 is 0 Å². The van der Waals surface area contributed by atoms with Crippen molar-refractivity contribution in [2.24, 2.45) is 28.6 Å². The number of carbonyl (C=O) groups excluding carboxylic acids is 3. The van der Waals surface area contributed by atoms with Gasteiger partial charge in [-0.3, -0.25) is 9.59 Å².